The van der Waals surface area contributed by atoms with Gasteiger partial charge in [-0.2, -0.15) is 0 Å². The molecule has 0 bridgehead atoms. The molecule has 1 aromatic heterocycles. The molecule has 21 heavy (non-hydrogen) atoms. The smallest absolute Gasteiger partial charge is 0.371 e. The molecule has 0 unspecified atom stereocenters. The van der Waals surface area contributed by atoms with Gasteiger partial charge in [-0.15, -0.1) is 0 Å². The van der Waals surface area contributed by atoms with Crippen molar-refractivity contribution in [3.8, 4) is 0 Å². The molecule has 110 valence electrons. The Kier molecular flexibility index (Phi) is 3.98. The van der Waals surface area contributed by atoms with Crippen molar-refractivity contribution < 1.29 is 19.1 Å². The lowest BCUT2D eigenvalue weighted by Crippen LogP contribution is -2.13. The van der Waals surface area contributed by atoms with Crippen LogP contribution in [0.2, 0.25) is 0 Å². The summed E-state index contributed by atoms with van der Waals surface area (Å²) >= 11 is 0. The number of carbonyl (C=O) groups is 2. The normalized spacial score (nSPS) is 10.2. The molecule has 1 heterocycles. The fourth-order valence-corrected chi connectivity index (χ4v) is 1.94. The summed E-state index contributed by atoms with van der Waals surface area (Å²) in [6, 6.07) is 8.10. The number of benzene rings is 1. The number of carboxylic acid groups (broad SMARTS) is 1. The highest BCUT2D eigenvalue weighted by atomic mass is 16.4. The Morgan fingerprint density at radius 2 is 1.81 bits per heavy atom. The Labute approximate surface area is 122 Å². The Bertz CT molecular complexity index is 689. The largest absolute Gasteiger partial charge is 0.475 e. The molecule has 0 radical (unpaired) electrons. The first kappa shape index (κ1) is 14.6. The lowest BCUT2D eigenvalue weighted by atomic mass is 10.1. The summed E-state index contributed by atoms with van der Waals surface area (Å²) in [6.07, 6.45) is 0. The van der Waals surface area contributed by atoms with Crippen molar-refractivity contribution in [2.24, 2.45) is 0 Å². The van der Waals surface area contributed by atoms with Crippen LogP contribution in [0.1, 0.15) is 26.7 Å². The van der Waals surface area contributed by atoms with Gasteiger partial charge in [0.05, 0.1) is 0 Å². The maximum atomic E-state index is 12.0. The zero-order valence-corrected chi connectivity index (χ0v) is 12.0. The van der Waals surface area contributed by atoms with Gasteiger partial charge in [0.2, 0.25) is 5.76 Å². The van der Waals surface area contributed by atoms with Gasteiger partial charge in [-0.3, -0.25) is 4.79 Å². The second-order valence-electron chi connectivity index (χ2n) is 4.82. The molecule has 0 saturated heterocycles. The molecule has 6 nitrogen and oxygen atoms in total. The van der Waals surface area contributed by atoms with Crippen molar-refractivity contribution >= 4 is 23.3 Å². The van der Waals surface area contributed by atoms with E-state index in [-0.39, 0.29) is 11.5 Å². The number of anilines is 2. The van der Waals surface area contributed by atoms with Crippen molar-refractivity contribution in [2.75, 3.05) is 24.3 Å². The zero-order valence-electron chi connectivity index (χ0n) is 12.0. The summed E-state index contributed by atoms with van der Waals surface area (Å²) in [7, 11) is 3.83. The average molecular weight is 288 g/mol. The lowest BCUT2D eigenvalue weighted by molar-refractivity contribution is 0.0660. The van der Waals surface area contributed by atoms with Gasteiger partial charge in [-0.05, 0) is 36.8 Å². The van der Waals surface area contributed by atoms with Gasteiger partial charge >= 0.3 is 5.97 Å². The first-order chi connectivity index (χ1) is 9.88. The third-order valence-corrected chi connectivity index (χ3v) is 2.99. The third kappa shape index (κ3) is 3.22. The molecule has 2 rings (SSSR count). The van der Waals surface area contributed by atoms with Crippen molar-refractivity contribution in [3.05, 3.63) is 47.4 Å². The highest BCUT2D eigenvalue weighted by Gasteiger charge is 2.15. The van der Waals surface area contributed by atoms with Gasteiger partial charge in [-0.25, -0.2) is 4.79 Å². The predicted octanol–water partition coefficient (Wildman–Crippen LogP) is 2.60. The minimum absolute atomic E-state index is 0.0422. The maximum Gasteiger partial charge on any atom is 0.371 e. The average Bonchev–Trinajstić information content (AvgIpc) is 2.90. The van der Waals surface area contributed by atoms with Crippen LogP contribution in [-0.2, 0) is 0 Å². The summed E-state index contributed by atoms with van der Waals surface area (Å²) in [6.45, 7) is 1.98. The number of hydrogen-bond acceptors (Lipinski definition) is 4. The molecule has 1 aromatic carbocycles. The minimum Gasteiger partial charge on any atom is -0.475 e. The van der Waals surface area contributed by atoms with Crippen LogP contribution in [-0.4, -0.2) is 31.1 Å². The first-order valence-corrected chi connectivity index (χ1v) is 6.31. The molecule has 0 aliphatic carbocycles. The van der Waals surface area contributed by atoms with Crippen molar-refractivity contribution in [1.82, 2.24) is 0 Å². The summed E-state index contributed by atoms with van der Waals surface area (Å²) < 4.78 is 4.96. The van der Waals surface area contributed by atoms with Crippen LogP contribution in [0.3, 0.4) is 0 Å². The van der Waals surface area contributed by atoms with E-state index < -0.39 is 11.9 Å². The number of carbonyl (C=O) groups excluding carboxylic acids is 1. The van der Waals surface area contributed by atoms with Gasteiger partial charge in [0, 0.05) is 25.5 Å². The van der Waals surface area contributed by atoms with Crippen molar-refractivity contribution in [2.45, 2.75) is 6.92 Å². The van der Waals surface area contributed by atoms with Crippen LogP contribution >= 0.6 is 0 Å². The Morgan fingerprint density at radius 1 is 1.14 bits per heavy atom. The van der Waals surface area contributed by atoms with E-state index in [2.05, 4.69) is 5.32 Å². The molecule has 0 atom stereocenters. The SMILES string of the molecule is Cc1ccc(NC(=O)c2ccc(C(=O)O)o2)cc1N(C)C. The number of hydrogen-bond donors (Lipinski definition) is 2. The molecule has 1 amide bonds. The van der Waals surface area contributed by atoms with Crippen molar-refractivity contribution in [1.29, 1.82) is 0 Å². The van der Waals surface area contributed by atoms with Crippen LogP contribution in [0.4, 0.5) is 11.4 Å². The van der Waals surface area contributed by atoms with Crippen molar-refractivity contribution in [3.63, 3.8) is 0 Å². The van der Waals surface area contributed by atoms with E-state index in [1.165, 1.54) is 12.1 Å². The molecule has 0 saturated carbocycles. The molecular weight excluding hydrogens is 272 g/mol. The summed E-state index contributed by atoms with van der Waals surface area (Å²) in [4.78, 5) is 24.7. The van der Waals surface area contributed by atoms with Crippen LogP contribution in [0, 0.1) is 6.92 Å². The number of carboxylic acids is 1. The fraction of sp³-hybridized carbons (Fsp3) is 0.200. The predicted molar refractivity (Wildman–Crippen MR) is 79.1 cm³/mol. The van der Waals surface area contributed by atoms with Crippen LogP contribution in [0.25, 0.3) is 0 Å². The molecule has 2 N–H and O–H groups in total. The molecule has 0 aliphatic heterocycles. The van der Waals surface area contributed by atoms with E-state index in [1.807, 2.05) is 38.1 Å². The molecule has 0 fully saturated rings. The standard InChI is InChI=1S/C15H16N2O4/c1-9-4-5-10(8-11(9)17(2)3)16-14(18)12-6-7-13(21-12)15(19)20/h4-8H,1-3H3,(H,16,18)(H,19,20). The monoisotopic (exact) mass is 288 g/mol. The molecular formula is C15H16N2O4. The van der Waals surface area contributed by atoms with E-state index in [0.29, 0.717) is 5.69 Å². The van der Waals surface area contributed by atoms with E-state index in [9.17, 15) is 9.59 Å². The van der Waals surface area contributed by atoms with Gasteiger partial charge in [0.15, 0.2) is 5.76 Å². The van der Waals surface area contributed by atoms with E-state index in [0.717, 1.165) is 11.3 Å². The second kappa shape index (κ2) is 5.70. The number of nitrogens with one attached hydrogen (secondary N) is 1. The summed E-state index contributed by atoms with van der Waals surface area (Å²) in [5.74, 6) is -2.01. The topological polar surface area (TPSA) is 82.8 Å². The Balaban J connectivity index is 2.19. The van der Waals surface area contributed by atoms with Crippen LogP contribution < -0.4 is 10.2 Å². The fourth-order valence-electron chi connectivity index (χ4n) is 1.94. The van der Waals surface area contributed by atoms with Crippen LogP contribution in [0.15, 0.2) is 34.7 Å². The number of amides is 1. The summed E-state index contributed by atoms with van der Waals surface area (Å²) in [5.41, 5.74) is 2.69. The van der Waals surface area contributed by atoms with Gasteiger partial charge in [-0.1, -0.05) is 6.07 Å². The highest BCUT2D eigenvalue weighted by Crippen LogP contribution is 2.23. The number of aromatic carboxylic acids is 1. The number of aryl methyl sites for hydroxylation is 1. The quantitative estimate of drug-likeness (QED) is 0.903. The van der Waals surface area contributed by atoms with E-state index in [1.54, 1.807) is 6.07 Å². The Morgan fingerprint density at radius 3 is 2.38 bits per heavy atom. The number of nitrogens with zero attached hydrogens (tertiary/aromatic N) is 1. The first-order valence-electron chi connectivity index (χ1n) is 6.31. The molecule has 6 heteroatoms. The van der Waals surface area contributed by atoms with Gasteiger partial charge in [0.1, 0.15) is 0 Å². The second-order valence-corrected chi connectivity index (χ2v) is 4.82. The van der Waals surface area contributed by atoms with Crippen LogP contribution in [0.5, 0.6) is 0 Å². The molecule has 0 spiro atoms. The molecule has 2 aromatic rings. The van der Waals surface area contributed by atoms with E-state index >= 15 is 0 Å². The van der Waals surface area contributed by atoms with E-state index in [4.69, 9.17) is 9.52 Å². The lowest BCUT2D eigenvalue weighted by Gasteiger charge is -2.17. The number of furan rings is 1. The number of rotatable bonds is 4. The van der Waals surface area contributed by atoms with Gasteiger partial charge < -0.3 is 19.7 Å². The summed E-state index contributed by atoms with van der Waals surface area (Å²) in [5, 5.41) is 11.4. The van der Waals surface area contributed by atoms with Gasteiger partial charge in [0.25, 0.3) is 5.91 Å². The minimum atomic E-state index is -1.21. The third-order valence-electron chi connectivity index (χ3n) is 2.99. The Hall–Kier alpha value is -2.76. The zero-order chi connectivity index (χ0) is 15.6. The molecule has 0 aliphatic rings. The highest BCUT2D eigenvalue weighted by molar-refractivity contribution is 6.03. The maximum absolute atomic E-state index is 12.0.